The van der Waals surface area contributed by atoms with Crippen molar-refractivity contribution < 1.29 is 14.3 Å². The molecule has 0 N–H and O–H groups in total. The zero-order valence-electron chi connectivity index (χ0n) is 17.2. The van der Waals surface area contributed by atoms with E-state index in [4.69, 9.17) is 4.74 Å². The molecule has 5 atom stereocenters. The Hall–Kier alpha value is -2.16. The second kappa shape index (κ2) is 8.69. The normalized spacial score (nSPS) is 31.7. The molecule has 0 aromatic carbocycles. The molecule has 0 radical (unpaired) electrons. The Kier molecular flexibility index (Phi) is 6.80. The predicted octanol–water partition coefficient (Wildman–Crippen LogP) is 5.36. The van der Waals surface area contributed by atoms with E-state index in [2.05, 4.69) is 40.3 Å². The summed E-state index contributed by atoms with van der Waals surface area (Å²) in [5.74, 6) is 0.196. The van der Waals surface area contributed by atoms with E-state index in [1.54, 1.807) is 12.2 Å². The van der Waals surface area contributed by atoms with Gasteiger partial charge in [-0.3, -0.25) is 4.79 Å². The average molecular weight is 369 g/mol. The van der Waals surface area contributed by atoms with Crippen molar-refractivity contribution in [2.45, 2.75) is 53.6 Å². The number of hydrogen-bond donors (Lipinski definition) is 0. The van der Waals surface area contributed by atoms with Gasteiger partial charge in [0, 0.05) is 23.3 Å². The number of carbonyl (C=O) groups is 2. The summed E-state index contributed by atoms with van der Waals surface area (Å²) in [5, 5.41) is 0. The van der Waals surface area contributed by atoms with E-state index in [-0.39, 0.29) is 35.1 Å². The predicted molar refractivity (Wildman–Crippen MR) is 110 cm³/mol. The van der Waals surface area contributed by atoms with Gasteiger partial charge in [-0.1, -0.05) is 70.6 Å². The molecule has 3 nitrogen and oxygen atoms in total. The molecule has 0 unspecified atom stereocenters. The third kappa shape index (κ3) is 4.77. The van der Waals surface area contributed by atoms with Crippen LogP contribution in [0.1, 0.15) is 47.5 Å². The first-order valence-electron chi connectivity index (χ1n) is 9.84. The van der Waals surface area contributed by atoms with Crippen molar-refractivity contribution in [3.63, 3.8) is 0 Å². The highest BCUT2D eigenvalue weighted by atomic mass is 16.5. The first-order chi connectivity index (χ1) is 12.7. The zero-order chi connectivity index (χ0) is 20.2. The second-order valence-corrected chi connectivity index (χ2v) is 8.20. The lowest BCUT2D eigenvalue weighted by atomic mass is 9.59. The third-order valence-electron chi connectivity index (χ3n) is 6.17. The summed E-state index contributed by atoms with van der Waals surface area (Å²) < 4.78 is 5.69. The number of ketones is 1. The molecule has 2 rings (SSSR count). The Morgan fingerprint density at radius 1 is 1.44 bits per heavy atom. The van der Waals surface area contributed by atoms with Crippen molar-refractivity contribution >= 4 is 11.8 Å². The molecule has 27 heavy (non-hydrogen) atoms. The van der Waals surface area contributed by atoms with Crippen LogP contribution >= 0.6 is 0 Å². The summed E-state index contributed by atoms with van der Waals surface area (Å²) in [5.41, 5.74) is 1.71. The van der Waals surface area contributed by atoms with Crippen LogP contribution in [-0.4, -0.2) is 17.9 Å². The van der Waals surface area contributed by atoms with Gasteiger partial charge in [0.25, 0.3) is 0 Å². The number of rotatable bonds is 6. The molecule has 0 saturated heterocycles. The minimum Gasteiger partial charge on any atom is -0.455 e. The summed E-state index contributed by atoms with van der Waals surface area (Å²) in [6.45, 7) is 14.4. The van der Waals surface area contributed by atoms with Crippen molar-refractivity contribution in [3.8, 4) is 0 Å². The third-order valence-corrected chi connectivity index (χ3v) is 6.17. The number of fused-ring (bicyclic) bond motifs is 1. The maximum absolute atomic E-state index is 12.3. The SMILES string of the molecule is C=C(C)[C@@H]1C[C@@]2(C)C(=CC1=O)C=C[C@H](OC(=O)/C=C/C=C/[C@@H](C)CC)[C@@H]2C. The van der Waals surface area contributed by atoms with Crippen molar-refractivity contribution in [2.75, 3.05) is 0 Å². The molecule has 0 amide bonds. The maximum Gasteiger partial charge on any atom is 0.331 e. The van der Waals surface area contributed by atoms with Gasteiger partial charge in [-0.2, -0.15) is 0 Å². The largest absolute Gasteiger partial charge is 0.455 e. The van der Waals surface area contributed by atoms with E-state index in [1.165, 1.54) is 6.08 Å². The Bertz CT molecular complexity index is 722. The van der Waals surface area contributed by atoms with Gasteiger partial charge in [0.05, 0.1) is 0 Å². The van der Waals surface area contributed by atoms with Crippen molar-refractivity contribution in [1.82, 2.24) is 0 Å². The van der Waals surface area contributed by atoms with E-state index in [0.717, 1.165) is 17.6 Å². The van der Waals surface area contributed by atoms with Crippen molar-refractivity contribution in [3.05, 3.63) is 60.3 Å². The minimum atomic E-state index is -0.343. The smallest absolute Gasteiger partial charge is 0.331 e. The Balaban J connectivity index is 2.10. The molecule has 0 fully saturated rings. The van der Waals surface area contributed by atoms with Crippen LogP contribution in [0.4, 0.5) is 0 Å². The fourth-order valence-electron chi connectivity index (χ4n) is 3.73. The van der Waals surface area contributed by atoms with Crippen LogP contribution in [0.3, 0.4) is 0 Å². The second-order valence-electron chi connectivity index (χ2n) is 8.20. The van der Waals surface area contributed by atoms with Crippen LogP contribution in [0.5, 0.6) is 0 Å². The molecule has 0 aliphatic heterocycles. The number of hydrogen-bond acceptors (Lipinski definition) is 3. The summed E-state index contributed by atoms with van der Waals surface area (Å²) in [6.07, 6.45) is 14.2. The molecule has 3 heteroatoms. The molecule has 0 heterocycles. The number of allylic oxidation sites excluding steroid dienone is 7. The van der Waals surface area contributed by atoms with Crippen LogP contribution < -0.4 is 0 Å². The lowest BCUT2D eigenvalue weighted by Gasteiger charge is -2.46. The summed E-state index contributed by atoms with van der Waals surface area (Å²) in [4.78, 5) is 24.5. The lowest BCUT2D eigenvalue weighted by molar-refractivity contribution is -0.145. The van der Waals surface area contributed by atoms with E-state index in [0.29, 0.717) is 12.3 Å². The van der Waals surface area contributed by atoms with Crippen LogP contribution in [0.15, 0.2) is 60.3 Å². The number of ether oxygens (including phenoxy) is 1. The average Bonchev–Trinajstić information content (AvgIpc) is 2.62. The molecular formula is C24H32O3. The van der Waals surface area contributed by atoms with Gasteiger partial charge in [-0.25, -0.2) is 4.79 Å². The van der Waals surface area contributed by atoms with Gasteiger partial charge in [0.15, 0.2) is 5.78 Å². The van der Waals surface area contributed by atoms with E-state index in [1.807, 2.05) is 25.2 Å². The molecule has 0 saturated carbocycles. The molecule has 0 bridgehead atoms. The van der Waals surface area contributed by atoms with Gasteiger partial charge in [0.2, 0.25) is 0 Å². The highest BCUT2D eigenvalue weighted by Crippen LogP contribution is 2.50. The fraction of sp³-hybridized carbons (Fsp3) is 0.500. The van der Waals surface area contributed by atoms with Gasteiger partial charge in [-0.05, 0) is 37.0 Å². The first-order valence-corrected chi connectivity index (χ1v) is 9.84. The van der Waals surface area contributed by atoms with Crippen LogP contribution in [0, 0.1) is 23.2 Å². The van der Waals surface area contributed by atoms with Crippen LogP contribution in [0.25, 0.3) is 0 Å². The van der Waals surface area contributed by atoms with Crippen LogP contribution in [0.2, 0.25) is 0 Å². The summed E-state index contributed by atoms with van der Waals surface area (Å²) in [7, 11) is 0. The standard InChI is InChI=1S/C24H32O3/c1-7-17(4)10-8-9-11-23(26)27-22-13-12-19-14-21(25)20(16(2)3)15-24(19,6)18(22)5/h8-14,17-18,20,22H,2,7,15H2,1,3-6H3/b10-8+,11-9+/t17-,18-,20-,22-,24+/m0/s1. The fourth-order valence-corrected chi connectivity index (χ4v) is 3.73. The van der Waals surface area contributed by atoms with E-state index in [9.17, 15) is 9.59 Å². The molecule has 0 spiro atoms. The van der Waals surface area contributed by atoms with Gasteiger partial charge in [-0.15, -0.1) is 0 Å². The van der Waals surface area contributed by atoms with Crippen molar-refractivity contribution in [2.24, 2.45) is 23.2 Å². The quantitative estimate of drug-likeness (QED) is 0.274. The minimum absolute atomic E-state index is 0.0803. The summed E-state index contributed by atoms with van der Waals surface area (Å²) in [6, 6.07) is 0. The highest BCUT2D eigenvalue weighted by molar-refractivity contribution is 5.96. The van der Waals surface area contributed by atoms with Crippen molar-refractivity contribution in [1.29, 1.82) is 0 Å². The van der Waals surface area contributed by atoms with Gasteiger partial charge in [0.1, 0.15) is 6.10 Å². The van der Waals surface area contributed by atoms with E-state index >= 15 is 0 Å². The summed E-state index contributed by atoms with van der Waals surface area (Å²) >= 11 is 0. The molecule has 146 valence electrons. The number of carbonyl (C=O) groups excluding carboxylic acids is 2. The van der Waals surface area contributed by atoms with E-state index < -0.39 is 0 Å². The Labute approximate surface area is 163 Å². The maximum atomic E-state index is 12.3. The molecule has 2 aliphatic rings. The highest BCUT2D eigenvalue weighted by Gasteiger charge is 2.46. The van der Waals surface area contributed by atoms with Crippen LogP contribution in [-0.2, 0) is 14.3 Å². The Morgan fingerprint density at radius 2 is 2.15 bits per heavy atom. The Morgan fingerprint density at radius 3 is 2.78 bits per heavy atom. The first kappa shape index (κ1) is 21.1. The van der Waals surface area contributed by atoms with Gasteiger partial charge >= 0.3 is 5.97 Å². The molecule has 2 aliphatic carbocycles. The lowest BCUT2D eigenvalue weighted by Crippen LogP contribution is -2.44. The zero-order valence-corrected chi connectivity index (χ0v) is 17.2. The molecule has 0 aromatic rings. The monoisotopic (exact) mass is 368 g/mol. The number of esters is 1. The topological polar surface area (TPSA) is 43.4 Å². The molecular weight excluding hydrogens is 336 g/mol. The van der Waals surface area contributed by atoms with Gasteiger partial charge < -0.3 is 4.74 Å². The molecule has 0 aromatic heterocycles.